The monoisotopic (exact) mass is 495 g/mol. The number of nitrogens with one attached hydrogen (secondary N) is 2. The van der Waals surface area contributed by atoms with E-state index in [1.807, 2.05) is 37.3 Å². The lowest BCUT2D eigenvalue weighted by Gasteiger charge is -2.21. The van der Waals surface area contributed by atoms with Gasteiger partial charge in [-0.05, 0) is 56.1 Å². The summed E-state index contributed by atoms with van der Waals surface area (Å²) in [5.41, 5.74) is 2.53. The van der Waals surface area contributed by atoms with Crippen molar-refractivity contribution in [2.75, 3.05) is 18.4 Å². The molecule has 8 heteroatoms. The Morgan fingerprint density at radius 3 is 2.56 bits per heavy atom. The van der Waals surface area contributed by atoms with Gasteiger partial charge < -0.3 is 15.1 Å². The van der Waals surface area contributed by atoms with Crippen molar-refractivity contribution < 1.29 is 4.42 Å². The molecular formula is C26H27Cl2N5O. The second-order valence-corrected chi connectivity index (χ2v) is 8.81. The third kappa shape index (κ3) is 6.56. The van der Waals surface area contributed by atoms with Crippen molar-refractivity contribution in [2.45, 2.75) is 32.2 Å². The molecule has 0 aliphatic heterocycles. The van der Waals surface area contributed by atoms with Crippen molar-refractivity contribution in [1.82, 2.24) is 20.3 Å². The Kier molecular flexibility index (Phi) is 8.52. The SMILES string of the molecule is Cc1nc(-c2ccc(Cl)cn2)nc(NC[C@H](NCCCCc2ccco2)c2ccccc2)c1Cl. The highest BCUT2D eigenvalue weighted by Crippen LogP contribution is 2.27. The van der Waals surface area contributed by atoms with E-state index >= 15 is 0 Å². The Hall–Kier alpha value is -2.93. The second-order valence-electron chi connectivity index (χ2n) is 7.99. The average molecular weight is 496 g/mol. The number of pyridine rings is 1. The molecule has 0 saturated carbocycles. The van der Waals surface area contributed by atoms with Crippen LogP contribution in [0.15, 0.2) is 71.5 Å². The molecule has 4 aromatic rings. The summed E-state index contributed by atoms with van der Waals surface area (Å²) >= 11 is 12.5. The van der Waals surface area contributed by atoms with Crippen LogP contribution >= 0.6 is 23.2 Å². The summed E-state index contributed by atoms with van der Waals surface area (Å²) in [5.74, 6) is 2.12. The van der Waals surface area contributed by atoms with Gasteiger partial charge in [-0.25, -0.2) is 9.97 Å². The average Bonchev–Trinajstić information content (AvgIpc) is 3.38. The van der Waals surface area contributed by atoms with Gasteiger partial charge in [0, 0.05) is 25.2 Å². The molecule has 1 aromatic carbocycles. The first-order valence-corrected chi connectivity index (χ1v) is 12.1. The number of rotatable bonds is 11. The van der Waals surface area contributed by atoms with Gasteiger partial charge in [0.25, 0.3) is 0 Å². The van der Waals surface area contributed by atoms with E-state index in [0.717, 1.165) is 31.6 Å². The van der Waals surface area contributed by atoms with Crippen molar-refractivity contribution in [3.8, 4) is 11.5 Å². The van der Waals surface area contributed by atoms with Crippen molar-refractivity contribution in [1.29, 1.82) is 0 Å². The zero-order valence-corrected chi connectivity index (χ0v) is 20.5. The summed E-state index contributed by atoms with van der Waals surface area (Å²) in [5, 5.41) is 8.16. The van der Waals surface area contributed by atoms with Gasteiger partial charge in [0.1, 0.15) is 22.3 Å². The molecular weight excluding hydrogens is 469 g/mol. The highest BCUT2D eigenvalue weighted by molar-refractivity contribution is 6.33. The number of anilines is 1. The predicted molar refractivity (Wildman–Crippen MR) is 137 cm³/mol. The van der Waals surface area contributed by atoms with Crippen LogP contribution in [0, 0.1) is 6.92 Å². The van der Waals surface area contributed by atoms with Crippen LogP contribution < -0.4 is 10.6 Å². The number of nitrogens with zero attached hydrogens (tertiary/aromatic N) is 3. The highest BCUT2D eigenvalue weighted by atomic mass is 35.5. The summed E-state index contributed by atoms with van der Waals surface area (Å²) in [7, 11) is 0. The minimum atomic E-state index is 0.0910. The molecule has 0 radical (unpaired) electrons. The van der Waals surface area contributed by atoms with Gasteiger partial charge in [-0.15, -0.1) is 0 Å². The van der Waals surface area contributed by atoms with Gasteiger partial charge in [0.2, 0.25) is 0 Å². The lowest BCUT2D eigenvalue weighted by Crippen LogP contribution is -2.29. The smallest absolute Gasteiger partial charge is 0.180 e. The first-order valence-electron chi connectivity index (χ1n) is 11.3. The summed E-state index contributed by atoms with van der Waals surface area (Å²) in [6.07, 6.45) is 6.35. The number of aromatic nitrogens is 3. The molecule has 176 valence electrons. The van der Waals surface area contributed by atoms with E-state index in [4.69, 9.17) is 27.6 Å². The molecule has 34 heavy (non-hydrogen) atoms. The van der Waals surface area contributed by atoms with Gasteiger partial charge in [-0.2, -0.15) is 0 Å². The Morgan fingerprint density at radius 2 is 1.82 bits per heavy atom. The second kappa shape index (κ2) is 12.0. The summed E-state index contributed by atoms with van der Waals surface area (Å²) in [6.45, 7) is 3.37. The fourth-order valence-corrected chi connectivity index (χ4v) is 3.91. The van der Waals surface area contributed by atoms with Crippen molar-refractivity contribution in [3.63, 3.8) is 0 Å². The predicted octanol–water partition coefficient (Wildman–Crippen LogP) is 6.51. The molecule has 0 fully saturated rings. The molecule has 0 bridgehead atoms. The third-order valence-corrected chi connectivity index (χ3v) is 6.15. The Labute approximate surface area is 209 Å². The minimum Gasteiger partial charge on any atom is -0.469 e. The largest absolute Gasteiger partial charge is 0.469 e. The molecule has 1 atom stereocenters. The molecule has 0 amide bonds. The number of furan rings is 1. The third-order valence-electron chi connectivity index (χ3n) is 5.47. The topological polar surface area (TPSA) is 75.9 Å². The lowest BCUT2D eigenvalue weighted by atomic mass is 10.1. The maximum atomic E-state index is 6.54. The van der Waals surface area contributed by atoms with Crippen LogP contribution in [0.25, 0.3) is 11.5 Å². The number of hydrogen-bond donors (Lipinski definition) is 2. The molecule has 0 aliphatic carbocycles. The molecule has 0 spiro atoms. The Morgan fingerprint density at radius 1 is 0.971 bits per heavy atom. The molecule has 4 rings (SSSR count). The van der Waals surface area contributed by atoms with Gasteiger partial charge in [0.05, 0.1) is 17.0 Å². The summed E-state index contributed by atoms with van der Waals surface area (Å²) < 4.78 is 5.42. The van der Waals surface area contributed by atoms with Crippen LogP contribution in [0.3, 0.4) is 0 Å². The van der Waals surface area contributed by atoms with Crippen LogP contribution in [0.2, 0.25) is 10.0 Å². The summed E-state index contributed by atoms with van der Waals surface area (Å²) in [6, 6.07) is 18.0. The number of hydrogen-bond acceptors (Lipinski definition) is 6. The lowest BCUT2D eigenvalue weighted by molar-refractivity contribution is 0.484. The first kappa shape index (κ1) is 24.2. The van der Waals surface area contributed by atoms with Crippen molar-refractivity contribution >= 4 is 29.0 Å². The fraction of sp³-hybridized carbons (Fsp3) is 0.269. The minimum absolute atomic E-state index is 0.0910. The van der Waals surface area contributed by atoms with Crippen LogP contribution in [-0.2, 0) is 6.42 Å². The molecule has 0 unspecified atom stereocenters. The van der Waals surface area contributed by atoms with E-state index in [9.17, 15) is 0 Å². The maximum Gasteiger partial charge on any atom is 0.180 e. The zero-order chi connectivity index (χ0) is 23.8. The maximum absolute atomic E-state index is 6.54. The quantitative estimate of drug-likeness (QED) is 0.231. The van der Waals surface area contributed by atoms with Gasteiger partial charge >= 0.3 is 0 Å². The van der Waals surface area contributed by atoms with Gasteiger partial charge in [0.15, 0.2) is 5.82 Å². The fourth-order valence-electron chi connectivity index (χ4n) is 3.65. The molecule has 0 saturated heterocycles. The Bertz CT molecular complexity index is 1170. The van der Waals surface area contributed by atoms with E-state index in [0.29, 0.717) is 39.6 Å². The molecule has 3 aromatic heterocycles. The van der Waals surface area contributed by atoms with E-state index < -0.39 is 0 Å². The normalized spacial score (nSPS) is 12.0. The van der Waals surface area contributed by atoms with E-state index in [-0.39, 0.29) is 6.04 Å². The van der Waals surface area contributed by atoms with Crippen LogP contribution in [0.1, 0.15) is 35.9 Å². The number of halogens is 2. The van der Waals surface area contributed by atoms with Gasteiger partial charge in [-0.3, -0.25) is 4.98 Å². The molecule has 6 nitrogen and oxygen atoms in total. The summed E-state index contributed by atoms with van der Waals surface area (Å²) in [4.78, 5) is 13.5. The molecule has 0 aliphatic rings. The standard InChI is InChI=1S/C26H27Cl2N5O/c1-18-24(28)26(33-25(32-18)22-13-12-20(27)16-30-22)31-17-23(19-8-3-2-4-9-19)29-14-6-5-10-21-11-7-15-34-21/h2-4,7-9,11-13,15-16,23,29H,5-6,10,14,17H2,1H3,(H,31,32,33)/t23-/m0/s1. The van der Waals surface area contributed by atoms with Crippen LogP contribution in [0.5, 0.6) is 0 Å². The first-order chi connectivity index (χ1) is 16.6. The van der Waals surface area contributed by atoms with Gasteiger partial charge in [-0.1, -0.05) is 53.5 Å². The molecule has 3 heterocycles. The number of benzene rings is 1. The highest BCUT2D eigenvalue weighted by Gasteiger charge is 2.15. The van der Waals surface area contributed by atoms with E-state index in [1.165, 1.54) is 5.56 Å². The Balaban J connectivity index is 1.42. The zero-order valence-electron chi connectivity index (χ0n) is 19.0. The van der Waals surface area contributed by atoms with E-state index in [1.54, 1.807) is 24.6 Å². The van der Waals surface area contributed by atoms with Crippen molar-refractivity contribution in [2.24, 2.45) is 0 Å². The van der Waals surface area contributed by atoms with Crippen molar-refractivity contribution in [3.05, 3.63) is 94.1 Å². The van der Waals surface area contributed by atoms with Crippen LogP contribution in [-0.4, -0.2) is 28.0 Å². The van der Waals surface area contributed by atoms with Crippen LogP contribution in [0.4, 0.5) is 5.82 Å². The number of aryl methyl sites for hydroxylation is 2. The van der Waals surface area contributed by atoms with E-state index in [2.05, 4.69) is 37.7 Å². The number of unbranched alkanes of at least 4 members (excludes halogenated alkanes) is 1. The molecule has 2 N–H and O–H groups in total.